The summed E-state index contributed by atoms with van der Waals surface area (Å²) in [7, 11) is 0. The molecule has 2 heterocycles. The Morgan fingerprint density at radius 3 is 2.38 bits per heavy atom. The van der Waals surface area contributed by atoms with Gasteiger partial charge in [-0.1, -0.05) is 39.0 Å². The molecule has 0 aliphatic rings. The standard InChI is InChI=1S/C23H28N4O2/c1-13(2)29-20-18-11-17(16-9-8-14(3)15(4)10-16)12-24-19(18)25-22(26-20)27-21(28)23(5,6)7/h8-13H,1-7H3,(H,24,25,26,27,28). The van der Waals surface area contributed by atoms with Crippen LogP contribution >= 0.6 is 0 Å². The number of nitrogens with zero attached hydrogens (tertiary/aromatic N) is 3. The topological polar surface area (TPSA) is 77.0 Å². The molecule has 0 aliphatic carbocycles. The molecule has 1 aromatic carbocycles. The van der Waals surface area contributed by atoms with Crippen molar-refractivity contribution in [2.24, 2.45) is 5.41 Å². The van der Waals surface area contributed by atoms with Crippen molar-refractivity contribution in [3.05, 3.63) is 41.6 Å². The van der Waals surface area contributed by atoms with Crippen molar-refractivity contribution in [3.63, 3.8) is 0 Å². The molecule has 0 spiro atoms. The minimum Gasteiger partial charge on any atom is -0.474 e. The number of hydrogen-bond donors (Lipinski definition) is 1. The average molecular weight is 393 g/mol. The van der Waals surface area contributed by atoms with Crippen LogP contribution in [0.5, 0.6) is 5.88 Å². The lowest BCUT2D eigenvalue weighted by molar-refractivity contribution is -0.123. The van der Waals surface area contributed by atoms with Crippen LogP contribution in [0, 0.1) is 19.3 Å². The first kappa shape index (κ1) is 20.7. The van der Waals surface area contributed by atoms with E-state index in [1.165, 1.54) is 11.1 Å². The van der Waals surface area contributed by atoms with Gasteiger partial charge in [-0.05, 0) is 50.5 Å². The Morgan fingerprint density at radius 1 is 1.03 bits per heavy atom. The molecule has 0 radical (unpaired) electrons. The summed E-state index contributed by atoms with van der Waals surface area (Å²) in [5, 5.41) is 3.48. The molecule has 0 saturated carbocycles. The number of pyridine rings is 1. The fraction of sp³-hybridized carbons (Fsp3) is 0.391. The quantitative estimate of drug-likeness (QED) is 0.670. The molecule has 3 aromatic rings. The number of nitrogens with one attached hydrogen (secondary N) is 1. The Hall–Kier alpha value is -3.02. The highest BCUT2D eigenvalue weighted by Crippen LogP contribution is 2.30. The Morgan fingerprint density at radius 2 is 1.76 bits per heavy atom. The van der Waals surface area contributed by atoms with Crippen LogP contribution < -0.4 is 10.1 Å². The highest BCUT2D eigenvalue weighted by molar-refractivity contribution is 5.94. The summed E-state index contributed by atoms with van der Waals surface area (Å²) >= 11 is 0. The second-order valence-electron chi connectivity index (χ2n) is 8.62. The van der Waals surface area contributed by atoms with Crippen LogP contribution in [-0.4, -0.2) is 27.0 Å². The van der Waals surface area contributed by atoms with Gasteiger partial charge in [0.15, 0.2) is 5.65 Å². The van der Waals surface area contributed by atoms with Crippen molar-refractivity contribution in [1.29, 1.82) is 0 Å². The van der Waals surface area contributed by atoms with E-state index in [2.05, 4.69) is 52.3 Å². The number of aromatic nitrogens is 3. The van der Waals surface area contributed by atoms with Crippen LogP contribution in [0.1, 0.15) is 45.7 Å². The monoisotopic (exact) mass is 392 g/mol. The summed E-state index contributed by atoms with van der Waals surface area (Å²) in [4.78, 5) is 25.8. The molecule has 0 atom stereocenters. The molecule has 3 rings (SSSR count). The van der Waals surface area contributed by atoms with Gasteiger partial charge in [0, 0.05) is 17.2 Å². The van der Waals surface area contributed by atoms with Gasteiger partial charge in [0.25, 0.3) is 0 Å². The Balaban J connectivity index is 2.09. The number of rotatable bonds is 4. The summed E-state index contributed by atoms with van der Waals surface area (Å²) in [6.07, 6.45) is 1.71. The van der Waals surface area contributed by atoms with E-state index in [0.29, 0.717) is 16.9 Å². The summed E-state index contributed by atoms with van der Waals surface area (Å²) in [6, 6.07) is 8.30. The zero-order valence-corrected chi connectivity index (χ0v) is 18.1. The molecule has 6 nitrogen and oxygen atoms in total. The van der Waals surface area contributed by atoms with E-state index >= 15 is 0 Å². The van der Waals surface area contributed by atoms with E-state index in [9.17, 15) is 4.79 Å². The third kappa shape index (κ3) is 4.70. The van der Waals surface area contributed by atoms with Crippen LogP contribution in [-0.2, 0) is 4.79 Å². The Bertz CT molecular complexity index is 1070. The van der Waals surface area contributed by atoms with Gasteiger partial charge in [0.1, 0.15) is 0 Å². The number of aryl methyl sites for hydroxylation is 2. The molecule has 0 fully saturated rings. The van der Waals surface area contributed by atoms with Crippen LogP contribution in [0.15, 0.2) is 30.5 Å². The van der Waals surface area contributed by atoms with Crippen molar-refractivity contribution < 1.29 is 9.53 Å². The van der Waals surface area contributed by atoms with E-state index < -0.39 is 5.41 Å². The van der Waals surface area contributed by atoms with E-state index in [1.54, 1.807) is 6.20 Å². The molecule has 29 heavy (non-hydrogen) atoms. The van der Waals surface area contributed by atoms with E-state index in [0.717, 1.165) is 11.1 Å². The van der Waals surface area contributed by atoms with E-state index in [-0.39, 0.29) is 18.0 Å². The van der Waals surface area contributed by atoms with Gasteiger partial charge in [0.2, 0.25) is 17.7 Å². The summed E-state index contributed by atoms with van der Waals surface area (Å²) in [5.74, 6) is 0.436. The van der Waals surface area contributed by atoms with Crippen molar-refractivity contribution in [1.82, 2.24) is 15.0 Å². The van der Waals surface area contributed by atoms with Crippen molar-refractivity contribution >= 4 is 22.9 Å². The zero-order valence-electron chi connectivity index (χ0n) is 18.1. The number of fused-ring (bicyclic) bond motifs is 1. The van der Waals surface area contributed by atoms with Gasteiger partial charge < -0.3 is 4.74 Å². The molecule has 2 aromatic heterocycles. The molecular weight excluding hydrogens is 364 g/mol. The number of benzene rings is 1. The third-order valence-electron chi connectivity index (χ3n) is 4.61. The number of hydrogen-bond acceptors (Lipinski definition) is 5. The fourth-order valence-corrected chi connectivity index (χ4v) is 2.72. The van der Waals surface area contributed by atoms with E-state index in [4.69, 9.17) is 4.74 Å². The number of amides is 1. The number of ether oxygens (including phenoxy) is 1. The van der Waals surface area contributed by atoms with Gasteiger partial charge in [0.05, 0.1) is 11.5 Å². The average Bonchev–Trinajstić information content (AvgIpc) is 2.62. The van der Waals surface area contributed by atoms with Crippen LogP contribution in [0.25, 0.3) is 22.2 Å². The molecule has 0 bridgehead atoms. The second kappa shape index (κ2) is 7.78. The predicted molar refractivity (Wildman–Crippen MR) is 116 cm³/mol. The smallest absolute Gasteiger partial charge is 0.234 e. The van der Waals surface area contributed by atoms with Crippen molar-refractivity contribution in [2.75, 3.05) is 5.32 Å². The first-order valence-corrected chi connectivity index (χ1v) is 9.78. The molecule has 0 saturated heterocycles. The first-order valence-electron chi connectivity index (χ1n) is 9.78. The molecule has 1 amide bonds. The van der Waals surface area contributed by atoms with Crippen LogP contribution in [0.3, 0.4) is 0 Å². The van der Waals surface area contributed by atoms with Gasteiger partial charge in [-0.15, -0.1) is 0 Å². The minimum absolute atomic E-state index is 0.0791. The first-order chi connectivity index (χ1) is 13.5. The maximum atomic E-state index is 12.3. The molecule has 0 aliphatic heterocycles. The molecular formula is C23H28N4O2. The van der Waals surface area contributed by atoms with Gasteiger partial charge in [-0.25, -0.2) is 4.98 Å². The lowest BCUT2D eigenvalue weighted by Crippen LogP contribution is -2.28. The SMILES string of the molecule is Cc1ccc(-c2cnc3nc(NC(=O)C(C)(C)C)nc(OC(C)C)c3c2)cc1C. The normalized spacial score (nSPS) is 11.7. The summed E-state index contributed by atoms with van der Waals surface area (Å²) < 4.78 is 5.93. The summed E-state index contributed by atoms with van der Waals surface area (Å²) in [5.41, 5.74) is 4.42. The molecule has 6 heteroatoms. The Kier molecular flexibility index (Phi) is 5.55. The number of carbonyl (C=O) groups is 1. The number of anilines is 1. The van der Waals surface area contributed by atoms with Crippen molar-refractivity contribution in [3.8, 4) is 17.0 Å². The van der Waals surface area contributed by atoms with Crippen LogP contribution in [0.4, 0.5) is 5.95 Å². The van der Waals surface area contributed by atoms with Gasteiger partial charge >= 0.3 is 0 Å². The van der Waals surface area contributed by atoms with E-state index in [1.807, 2.05) is 40.7 Å². The lowest BCUT2D eigenvalue weighted by Gasteiger charge is -2.18. The predicted octanol–water partition coefficient (Wildman–Crippen LogP) is 5.08. The highest BCUT2D eigenvalue weighted by atomic mass is 16.5. The lowest BCUT2D eigenvalue weighted by atomic mass is 9.96. The van der Waals surface area contributed by atoms with Gasteiger partial charge in [-0.2, -0.15) is 9.97 Å². The minimum atomic E-state index is -0.558. The fourth-order valence-electron chi connectivity index (χ4n) is 2.72. The highest BCUT2D eigenvalue weighted by Gasteiger charge is 2.23. The molecule has 152 valence electrons. The zero-order chi connectivity index (χ0) is 21.3. The summed E-state index contributed by atoms with van der Waals surface area (Å²) in [6.45, 7) is 13.6. The third-order valence-corrected chi connectivity index (χ3v) is 4.61. The largest absolute Gasteiger partial charge is 0.474 e. The number of carbonyl (C=O) groups excluding carboxylic acids is 1. The maximum absolute atomic E-state index is 12.3. The second-order valence-corrected chi connectivity index (χ2v) is 8.62. The molecule has 1 N–H and O–H groups in total. The maximum Gasteiger partial charge on any atom is 0.234 e. The molecule has 0 unspecified atom stereocenters. The van der Waals surface area contributed by atoms with Crippen LogP contribution in [0.2, 0.25) is 0 Å². The van der Waals surface area contributed by atoms with Gasteiger partial charge in [-0.3, -0.25) is 10.1 Å². The van der Waals surface area contributed by atoms with Crippen molar-refractivity contribution in [2.45, 2.75) is 54.6 Å². The Labute approximate surface area is 171 Å².